The molecule has 0 bridgehead atoms. The van der Waals surface area contributed by atoms with Gasteiger partial charge in [-0.05, 0) is 24.6 Å². The van der Waals surface area contributed by atoms with Gasteiger partial charge in [0.1, 0.15) is 5.75 Å². The fourth-order valence-electron chi connectivity index (χ4n) is 2.44. The fraction of sp³-hybridized carbons (Fsp3) is 0.294. The van der Waals surface area contributed by atoms with Gasteiger partial charge in [-0.1, -0.05) is 36.4 Å². The highest BCUT2D eigenvalue weighted by Crippen LogP contribution is 2.33. The second kappa shape index (κ2) is 6.44. The summed E-state index contributed by atoms with van der Waals surface area (Å²) in [6.07, 6.45) is 0. The summed E-state index contributed by atoms with van der Waals surface area (Å²) < 4.78 is 5.44. The van der Waals surface area contributed by atoms with Crippen LogP contribution in [0.25, 0.3) is 0 Å². The van der Waals surface area contributed by atoms with Crippen LogP contribution < -0.4 is 15.4 Å². The van der Waals surface area contributed by atoms with Crippen molar-refractivity contribution in [2.75, 3.05) is 19.1 Å². The summed E-state index contributed by atoms with van der Waals surface area (Å²) in [4.78, 5) is 2.20. The number of ether oxygens (including phenoxy) is 1. The van der Waals surface area contributed by atoms with Crippen LogP contribution in [-0.4, -0.2) is 14.2 Å². The van der Waals surface area contributed by atoms with Crippen LogP contribution in [0.3, 0.4) is 0 Å². The van der Waals surface area contributed by atoms with Crippen LogP contribution in [0.5, 0.6) is 5.75 Å². The van der Waals surface area contributed by atoms with Crippen LogP contribution >= 0.6 is 0 Å². The van der Waals surface area contributed by atoms with E-state index in [9.17, 15) is 0 Å². The Morgan fingerprint density at radius 3 is 2.40 bits per heavy atom. The molecule has 0 spiro atoms. The molecule has 106 valence electrons. The molecule has 0 unspecified atom stereocenters. The summed E-state index contributed by atoms with van der Waals surface area (Å²) in [6, 6.07) is 16.4. The minimum Gasteiger partial charge on any atom is -0.496 e. The highest BCUT2D eigenvalue weighted by molar-refractivity contribution is 5.60. The average molecular weight is 270 g/mol. The number of benzene rings is 2. The molecule has 0 aliphatic carbocycles. The molecule has 0 aliphatic rings. The van der Waals surface area contributed by atoms with E-state index >= 15 is 0 Å². The van der Waals surface area contributed by atoms with Crippen LogP contribution in [0.4, 0.5) is 5.69 Å². The third-order valence-corrected chi connectivity index (χ3v) is 3.39. The van der Waals surface area contributed by atoms with Crippen molar-refractivity contribution in [1.29, 1.82) is 0 Å². The molecule has 0 heterocycles. The molecule has 0 fully saturated rings. The lowest BCUT2D eigenvalue weighted by atomic mass is 10.0. The largest absolute Gasteiger partial charge is 0.496 e. The molecule has 3 nitrogen and oxygen atoms in total. The first kappa shape index (κ1) is 14.4. The number of rotatable bonds is 5. The first-order valence-corrected chi connectivity index (χ1v) is 6.81. The lowest BCUT2D eigenvalue weighted by molar-refractivity contribution is 0.407. The predicted molar refractivity (Wildman–Crippen MR) is 84.1 cm³/mol. The number of hydrogen-bond donors (Lipinski definition) is 1. The Morgan fingerprint density at radius 1 is 1.10 bits per heavy atom. The van der Waals surface area contributed by atoms with E-state index in [1.54, 1.807) is 7.11 Å². The number of anilines is 1. The third-order valence-electron chi connectivity index (χ3n) is 3.39. The summed E-state index contributed by atoms with van der Waals surface area (Å²) in [5, 5.41) is 0. The normalized spacial score (nSPS) is 12.0. The number of nitrogens with two attached hydrogens (primary N) is 1. The smallest absolute Gasteiger partial charge is 0.125 e. The van der Waals surface area contributed by atoms with Crippen LogP contribution in [0, 0.1) is 0 Å². The molecule has 0 aliphatic heterocycles. The van der Waals surface area contributed by atoms with Crippen LogP contribution in [-0.2, 0) is 6.54 Å². The van der Waals surface area contributed by atoms with E-state index in [4.69, 9.17) is 10.5 Å². The summed E-state index contributed by atoms with van der Waals surface area (Å²) in [6.45, 7) is 2.82. The highest BCUT2D eigenvalue weighted by atomic mass is 16.5. The molecule has 0 saturated carbocycles. The molecule has 0 radical (unpaired) electrons. The van der Waals surface area contributed by atoms with Gasteiger partial charge >= 0.3 is 0 Å². The summed E-state index contributed by atoms with van der Waals surface area (Å²) in [5.74, 6) is 0.845. The number of nitrogens with zero attached hydrogens (tertiary/aromatic N) is 1. The Balaban J connectivity index is 2.32. The highest BCUT2D eigenvalue weighted by Gasteiger charge is 2.15. The summed E-state index contributed by atoms with van der Waals surface area (Å²) in [5.41, 5.74) is 9.55. The zero-order valence-electron chi connectivity index (χ0n) is 12.3. The van der Waals surface area contributed by atoms with Crippen molar-refractivity contribution in [2.24, 2.45) is 5.73 Å². The van der Waals surface area contributed by atoms with Crippen LogP contribution in [0.1, 0.15) is 24.1 Å². The van der Waals surface area contributed by atoms with E-state index in [0.29, 0.717) is 0 Å². The predicted octanol–water partition coefficient (Wildman–Crippen LogP) is 3.35. The van der Waals surface area contributed by atoms with Gasteiger partial charge in [0.25, 0.3) is 0 Å². The van der Waals surface area contributed by atoms with E-state index in [2.05, 4.69) is 42.3 Å². The summed E-state index contributed by atoms with van der Waals surface area (Å²) in [7, 11) is 3.76. The first-order chi connectivity index (χ1) is 9.63. The van der Waals surface area contributed by atoms with Gasteiger partial charge in [0, 0.05) is 30.9 Å². The maximum atomic E-state index is 6.12. The molecular weight excluding hydrogens is 248 g/mol. The maximum absolute atomic E-state index is 6.12. The second-order valence-electron chi connectivity index (χ2n) is 5.02. The van der Waals surface area contributed by atoms with Crippen molar-refractivity contribution < 1.29 is 4.74 Å². The summed E-state index contributed by atoms with van der Waals surface area (Å²) >= 11 is 0. The van der Waals surface area contributed by atoms with Gasteiger partial charge in [-0.15, -0.1) is 0 Å². The van der Waals surface area contributed by atoms with Crippen molar-refractivity contribution in [3.8, 4) is 5.75 Å². The van der Waals surface area contributed by atoms with Gasteiger partial charge in [0.2, 0.25) is 0 Å². The molecule has 0 amide bonds. The van der Waals surface area contributed by atoms with Crippen molar-refractivity contribution in [3.05, 3.63) is 59.7 Å². The average Bonchev–Trinajstić information content (AvgIpc) is 2.47. The molecule has 0 aromatic heterocycles. The molecule has 1 atom stereocenters. The lowest BCUT2D eigenvalue weighted by Crippen LogP contribution is -2.20. The van der Waals surface area contributed by atoms with Gasteiger partial charge in [0.15, 0.2) is 0 Å². The molecule has 2 aromatic carbocycles. The minimum atomic E-state index is -0.0700. The molecule has 2 aromatic rings. The fourth-order valence-corrected chi connectivity index (χ4v) is 2.44. The Bertz CT molecular complexity index is 552. The molecular formula is C17H22N2O. The van der Waals surface area contributed by atoms with E-state index in [0.717, 1.165) is 23.5 Å². The van der Waals surface area contributed by atoms with Gasteiger partial charge in [-0.2, -0.15) is 0 Å². The number of hydrogen-bond acceptors (Lipinski definition) is 3. The third kappa shape index (κ3) is 3.11. The molecule has 3 heteroatoms. The minimum absolute atomic E-state index is 0.0700. The Hall–Kier alpha value is -2.00. The molecule has 2 rings (SSSR count). The monoisotopic (exact) mass is 270 g/mol. The second-order valence-corrected chi connectivity index (χ2v) is 5.02. The van der Waals surface area contributed by atoms with E-state index in [1.807, 2.05) is 25.1 Å². The van der Waals surface area contributed by atoms with Crippen LogP contribution in [0.15, 0.2) is 48.5 Å². The quantitative estimate of drug-likeness (QED) is 0.905. The van der Waals surface area contributed by atoms with Gasteiger partial charge in [0.05, 0.1) is 7.11 Å². The molecule has 2 N–H and O–H groups in total. The topological polar surface area (TPSA) is 38.5 Å². The molecule has 20 heavy (non-hydrogen) atoms. The maximum Gasteiger partial charge on any atom is 0.125 e. The van der Waals surface area contributed by atoms with Crippen molar-refractivity contribution in [3.63, 3.8) is 0 Å². The van der Waals surface area contributed by atoms with E-state index in [1.165, 1.54) is 5.56 Å². The first-order valence-electron chi connectivity index (χ1n) is 6.81. The standard InChI is InChI=1S/C17H22N2O/c1-13(18)17-15(10-7-11-16(17)20-3)19(2)12-14-8-5-4-6-9-14/h4-11,13H,12,18H2,1-3H3/t13-/m0/s1. The lowest BCUT2D eigenvalue weighted by Gasteiger charge is -2.25. The number of methoxy groups -OCH3 is 1. The zero-order valence-corrected chi connectivity index (χ0v) is 12.3. The van der Waals surface area contributed by atoms with Crippen molar-refractivity contribution in [2.45, 2.75) is 19.5 Å². The Kier molecular flexibility index (Phi) is 4.64. The molecule has 0 saturated heterocycles. The van der Waals surface area contributed by atoms with Gasteiger partial charge < -0.3 is 15.4 Å². The Labute approximate surface area is 121 Å². The van der Waals surface area contributed by atoms with Crippen LogP contribution in [0.2, 0.25) is 0 Å². The van der Waals surface area contributed by atoms with Gasteiger partial charge in [-0.3, -0.25) is 0 Å². The SMILES string of the molecule is COc1cccc(N(C)Cc2ccccc2)c1[C@H](C)N. The van der Waals surface area contributed by atoms with Gasteiger partial charge in [-0.25, -0.2) is 0 Å². The van der Waals surface area contributed by atoms with Crippen molar-refractivity contribution >= 4 is 5.69 Å². The van der Waals surface area contributed by atoms with Crippen molar-refractivity contribution in [1.82, 2.24) is 0 Å². The van der Waals surface area contributed by atoms with E-state index < -0.39 is 0 Å². The zero-order chi connectivity index (χ0) is 14.5. The van der Waals surface area contributed by atoms with E-state index in [-0.39, 0.29) is 6.04 Å². The Morgan fingerprint density at radius 2 is 1.80 bits per heavy atom.